The molecule has 9 nitrogen and oxygen atoms in total. The molecule has 1 amide bonds. The molecule has 2 rings (SSSR count). The number of nitrogens with one attached hydrogen (secondary N) is 2. The highest BCUT2D eigenvalue weighted by molar-refractivity contribution is 7.90. The van der Waals surface area contributed by atoms with Crippen LogP contribution in [0, 0.1) is 13.8 Å². The maximum Gasteiger partial charge on any atom is 0.264 e. The van der Waals surface area contributed by atoms with Crippen molar-refractivity contribution in [1.82, 2.24) is 14.7 Å². The number of amides is 1. The molecule has 0 fully saturated rings. The number of halogens is 1. The molecule has 0 aliphatic carbocycles. The second-order valence-electron chi connectivity index (χ2n) is 5.26. The Hall–Kier alpha value is -2.72. The second-order valence-corrected chi connectivity index (χ2v) is 6.94. The number of guanidine groups is 1. The van der Waals surface area contributed by atoms with Crippen LogP contribution in [0.25, 0.3) is 0 Å². The Morgan fingerprint density at radius 3 is 2.15 bits per heavy atom. The Morgan fingerprint density at radius 1 is 1.12 bits per heavy atom. The number of hydrogen-bond acceptors (Lipinski definition) is 6. The van der Waals surface area contributed by atoms with E-state index < -0.39 is 15.9 Å². The Kier molecular flexibility index (Phi) is 7.04. The fourth-order valence-corrected chi connectivity index (χ4v) is 3.00. The van der Waals surface area contributed by atoms with Crippen molar-refractivity contribution in [1.29, 1.82) is 0 Å². The van der Waals surface area contributed by atoms with Crippen molar-refractivity contribution < 1.29 is 13.2 Å². The SMILES string of the molecule is CC(=O)NS(=O)(=O)c1ccc(NC(N)=Nc2nc(C)cc(C)n2)cc1.Cl. The van der Waals surface area contributed by atoms with Crippen LogP contribution in [-0.4, -0.2) is 30.3 Å². The lowest BCUT2D eigenvalue weighted by atomic mass is 10.3. The third kappa shape index (κ3) is 5.97. The zero-order valence-corrected chi connectivity index (χ0v) is 16.0. The molecule has 2 aromatic rings. The number of hydrogen-bond donors (Lipinski definition) is 3. The molecule has 0 aliphatic heterocycles. The summed E-state index contributed by atoms with van der Waals surface area (Å²) >= 11 is 0. The van der Waals surface area contributed by atoms with Gasteiger partial charge in [0.1, 0.15) is 0 Å². The van der Waals surface area contributed by atoms with Crippen LogP contribution in [0.15, 0.2) is 40.2 Å². The fourth-order valence-electron chi connectivity index (χ4n) is 2.01. The van der Waals surface area contributed by atoms with Gasteiger partial charge in [0.25, 0.3) is 16.0 Å². The Morgan fingerprint density at radius 2 is 1.65 bits per heavy atom. The lowest BCUT2D eigenvalue weighted by Gasteiger charge is -2.08. The monoisotopic (exact) mass is 398 g/mol. The molecule has 0 unspecified atom stereocenters. The van der Waals surface area contributed by atoms with Crippen LogP contribution in [0.3, 0.4) is 0 Å². The second kappa shape index (κ2) is 8.59. The van der Waals surface area contributed by atoms with E-state index in [0.717, 1.165) is 18.3 Å². The van der Waals surface area contributed by atoms with Crippen LogP contribution in [-0.2, 0) is 14.8 Å². The topological polar surface area (TPSA) is 139 Å². The lowest BCUT2D eigenvalue weighted by molar-refractivity contribution is -0.117. The number of nitrogens with zero attached hydrogens (tertiary/aromatic N) is 3. The molecule has 0 aliphatic rings. The van der Waals surface area contributed by atoms with E-state index in [1.54, 1.807) is 0 Å². The molecule has 0 atom stereocenters. The molecule has 0 bridgehead atoms. The maximum atomic E-state index is 11.9. The minimum absolute atomic E-state index is 0. The van der Waals surface area contributed by atoms with Gasteiger partial charge in [-0.3, -0.25) is 4.79 Å². The van der Waals surface area contributed by atoms with Gasteiger partial charge in [0.05, 0.1) is 4.90 Å². The van der Waals surface area contributed by atoms with Crippen LogP contribution in [0.2, 0.25) is 0 Å². The average molecular weight is 399 g/mol. The van der Waals surface area contributed by atoms with E-state index in [2.05, 4.69) is 20.3 Å². The van der Waals surface area contributed by atoms with Crippen LogP contribution >= 0.6 is 12.4 Å². The van der Waals surface area contributed by atoms with Crippen LogP contribution in [0.5, 0.6) is 0 Å². The molecule has 26 heavy (non-hydrogen) atoms. The number of aryl methyl sites for hydroxylation is 2. The predicted octanol–water partition coefficient (Wildman–Crippen LogP) is 1.40. The Balaban J connectivity index is 0.00000338. The van der Waals surface area contributed by atoms with E-state index in [0.29, 0.717) is 5.69 Å². The van der Waals surface area contributed by atoms with Gasteiger partial charge < -0.3 is 11.1 Å². The molecule has 0 radical (unpaired) electrons. The molecular formula is C15H19ClN6O3S. The molecule has 1 heterocycles. The van der Waals surface area contributed by atoms with Crippen LogP contribution < -0.4 is 15.8 Å². The Bertz CT molecular complexity index is 909. The van der Waals surface area contributed by atoms with Gasteiger partial charge in [-0.2, -0.15) is 4.99 Å². The average Bonchev–Trinajstić information content (AvgIpc) is 2.45. The number of aromatic nitrogens is 2. The first-order valence-electron chi connectivity index (χ1n) is 7.22. The number of benzene rings is 1. The number of carbonyl (C=O) groups excluding carboxylic acids is 1. The maximum absolute atomic E-state index is 11.9. The van der Waals surface area contributed by atoms with E-state index in [1.165, 1.54) is 24.3 Å². The van der Waals surface area contributed by atoms with Gasteiger partial charge in [0.2, 0.25) is 11.9 Å². The molecule has 1 aromatic carbocycles. The van der Waals surface area contributed by atoms with Crippen LogP contribution in [0.1, 0.15) is 18.3 Å². The summed E-state index contributed by atoms with van der Waals surface area (Å²) in [6, 6.07) is 7.50. The summed E-state index contributed by atoms with van der Waals surface area (Å²) in [6.45, 7) is 4.77. The minimum atomic E-state index is -3.87. The van der Waals surface area contributed by atoms with E-state index in [4.69, 9.17) is 5.73 Å². The third-order valence-electron chi connectivity index (χ3n) is 2.91. The summed E-state index contributed by atoms with van der Waals surface area (Å²) in [5.74, 6) is -0.373. The minimum Gasteiger partial charge on any atom is -0.369 e. The zero-order valence-electron chi connectivity index (χ0n) is 14.3. The number of carbonyl (C=O) groups is 1. The van der Waals surface area contributed by atoms with Crippen molar-refractivity contribution in [3.05, 3.63) is 41.7 Å². The number of rotatable bonds is 4. The lowest BCUT2D eigenvalue weighted by Crippen LogP contribution is -2.28. The van der Waals surface area contributed by atoms with Gasteiger partial charge in [-0.15, -0.1) is 12.4 Å². The van der Waals surface area contributed by atoms with E-state index in [1.807, 2.05) is 24.6 Å². The molecular weight excluding hydrogens is 380 g/mol. The Labute approximate surface area is 157 Å². The van der Waals surface area contributed by atoms with E-state index >= 15 is 0 Å². The highest BCUT2D eigenvalue weighted by Gasteiger charge is 2.15. The zero-order chi connectivity index (χ0) is 18.6. The van der Waals surface area contributed by atoms with Crippen molar-refractivity contribution in [2.24, 2.45) is 10.7 Å². The molecule has 11 heteroatoms. The van der Waals surface area contributed by atoms with E-state index in [9.17, 15) is 13.2 Å². The first-order chi connectivity index (χ1) is 11.7. The molecule has 0 spiro atoms. The van der Waals surface area contributed by atoms with Gasteiger partial charge >= 0.3 is 0 Å². The molecule has 140 valence electrons. The molecule has 4 N–H and O–H groups in total. The number of anilines is 1. The molecule has 0 saturated carbocycles. The molecule has 0 saturated heterocycles. The molecule has 1 aromatic heterocycles. The van der Waals surface area contributed by atoms with Crippen molar-refractivity contribution in [3.8, 4) is 0 Å². The van der Waals surface area contributed by atoms with E-state index in [-0.39, 0.29) is 29.2 Å². The van der Waals surface area contributed by atoms with Crippen molar-refractivity contribution >= 4 is 45.9 Å². The predicted molar refractivity (Wildman–Crippen MR) is 101 cm³/mol. The van der Waals surface area contributed by atoms with Gasteiger partial charge in [0, 0.05) is 24.0 Å². The summed E-state index contributed by atoms with van der Waals surface area (Å²) in [5, 5.41) is 2.81. The fraction of sp³-hybridized carbons (Fsp3) is 0.200. The van der Waals surface area contributed by atoms with Crippen molar-refractivity contribution in [3.63, 3.8) is 0 Å². The highest BCUT2D eigenvalue weighted by Crippen LogP contribution is 2.14. The number of aliphatic imine (C=N–C) groups is 1. The largest absolute Gasteiger partial charge is 0.369 e. The third-order valence-corrected chi connectivity index (χ3v) is 4.36. The van der Waals surface area contributed by atoms with Gasteiger partial charge in [-0.1, -0.05) is 0 Å². The summed E-state index contributed by atoms with van der Waals surface area (Å²) in [7, 11) is -3.87. The highest BCUT2D eigenvalue weighted by atomic mass is 35.5. The first kappa shape index (κ1) is 21.3. The summed E-state index contributed by atoms with van der Waals surface area (Å²) in [5.41, 5.74) is 7.87. The number of nitrogens with two attached hydrogens (primary N) is 1. The quantitative estimate of drug-likeness (QED) is 0.522. The smallest absolute Gasteiger partial charge is 0.264 e. The summed E-state index contributed by atoms with van der Waals surface area (Å²) < 4.78 is 25.6. The van der Waals surface area contributed by atoms with Crippen molar-refractivity contribution in [2.75, 3.05) is 5.32 Å². The van der Waals surface area contributed by atoms with Gasteiger partial charge in [0.15, 0.2) is 0 Å². The normalized spacial score (nSPS) is 11.4. The number of sulfonamides is 1. The van der Waals surface area contributed by atoms with Gasteiger partial charge in [-0.25, -0.2) is 23.1 Å². The summed E-state index contributed by atoms with van der Waals surface area (Å²) in [4.78, 5) is 23.3. The van der Waals surface area contributed by atoms with Crippen LogP contribution in [0.4, 0.5) is 11.6 Å². The first-order valence-corrected chi connectivity index (χ1v) is 8.71. The van der Waals surface area contributed by atoms with Crippen molar-refractivity contribution in [2.45, 2.75) is 25.7 Å². The summed E-state index contributed by atoms with van der Waals surface area (Å²) in [6.07, 6.45) is 0. The van der Waals surface area contributed by atoms with Gasteiger partial charge in [-0.05, 0) is 44.2 Å². The standard InChI is InChI=1S/C15H18N6O3S.ClH/c1-9-8-10(2)18-15(17-9)20-14(16)19-12-4-6-13(7-5-12)25(23,24)21-11(3)22;/h4-8H,1-3H3,(H,21,22)(H3,16,17,18,19,20);1H.